The molecule has 0 atom stereocenters. The van der Waals surface area contributed by atoms with Crippen LogP contribution in [0, 0.1) is 0 Å². The van der Waals surface area contributed by atoms with E-state index in [0.717, 1.165) is 17.4 Å². The molecule has 1 heterocycles. The van der Waals surface area contributed by atoms with Gasteiger partial charge in [0.25, 0.3) is 0 Å². The Morgan fingerprint density at radius 1 is 1.50 bits per heavy atom. The van der Waals surface area contributed by atoms with Gasteiger partial charge in [-0.15, -0.1) is 0 Å². The van der Waals surface area contributed by atoms with E-state index in [1.54, 1.807) is 0 Å². The average Bonchev–Trinajstić information content (AvgIpc) is 2.81. The highest BCUT2D eigenvalue weighted by atomic mass is 16.4. The maximum atomic E-state index is 11.5. The highest BCUT2D eigenvalue weighted by Crippen LogP contribution is 2.18. The van der Waals surface area contributed by atoms with Crippen LogP contribution in [0.2, 0.25) is 0 Å². The molecule has 1 aliphatic rings. The van der Waals surface area contributed by atoms with Crippen LogP contribution >= 0.6 is 0 Å². The van der Waals surface area contributed by atoms with Gasteiger partial charge in [0.15, 0.2) is 0 Å². The minimum atomic E-state index is -1.10. The van der Waals surface area contributed by atoms with Crippen molar-refractivity contribution in [2.24, 2.45) is 0 Å². The van der Waals surface area contributed by atoms with Crippen molar-refractivity contribution in [3.05, 3.63) is 24.0 Å². The van der Waals surface area contributed by atoms with Crippen molar-refractivity contribution in [2.45, 2.75) is 18.9 Å². The summed E-state index contributed by atoms with van der Waals surface area (Å²) in [5, 5.41) is 11.5. The molecule has 2 N–H and O–H groups in total. The zero-order valence-electron chi connectivity index (χ0n) is 7.43. The van der Waals surface area contributed by atoms with Crippen molar-refractivity contribution >= 4 is 12.0 Å². The molecule has 0 bridgehead atoms. The van der Waals surface area contributed by atoms with Crippen LogP contribution in [0.3, 0.4) is 0 Å². The average molecular weight is 194 g/mol. The van der Waals surface area contributed by atoms with E-state index < -0.39 is 5.97 Å². The van der Waals surface area contributed by atoms with Crippen LogP contribution in [0.4, 0.5) is 4.79 Å². The highest BCUT2D eigenvalue weighted by Gasteiger charge is 2.25. The van der Waals surface area contributed by atoms with Crippen molar-refractivity contribution in [3.8, 4) is 0 Å². The van der Waals surface area contributed by atoms with Gasteiger partial charge >= 0.3 is 12.0 Å². The monoisotopic (exact) mass is 194 g/mol. The molecule has 74 valence electrons. The Bertz CT molecular complexity index is 379. The van der Waals surface area contributed by atoms with Gasteiger partial charge in [-0.25, -0.2) is 9.59 Å². The molecule has 1 saturated carbocycles. The topological polar surface area (TPSA) is 71.3 Å². The Hall–Kier alpha value is -1.78. The first-order valence-corrected chi connectivity index (χ1v) is 4.40. The molecule has 0 radical (unpaired) electrons. The van der Waals surface area contributed by atoms with E-state index in [1.807, 2.05) is 0 Å². The summed E-state index contributed by atoms with van der Waals surface area (Å²) in [7, 11) is 0. The summed E-state index contributed by atoms with van der Waals surface area (Å²) in [6, 6.07) is 2.80. The van der Waals surface area contributed by atoms with Crippen LogP contribution in [0.15, 0.2) is 18.3 Å². The number of nitrogens with one attached hydrogen (secondary N) is 1. The number of amides is 1. The molecular weight excluding hydrogens is 184 g/mol. The zero-order valence-corrected chi connectivity index (χ0v) is 7.43. The van der Waals surface area contributed by atoms with E-state index >= 15 is 0 Å². The second kappa shape index (κ2) is 3.17. The van der Waals surface area contributed by atoms with Gasteiger partial charge < -0.3 is 10.4 Å². The number of carboxylic acids is 1. The first kappa shape index (κ1) is 8.80. The molecule has 5 nitrogen and oxygen atoms in total. The Morgan fingerprint density at radius 2 is 2.21 bits per heavy atom. The summed E-state index contributed by atoms with van der Waals surface area (Å²) >= 11 is 0. The predicted octanol–water partition coefficient (Wildman–Crippen LogP) is 0.906. The molecule has 1 aliphatic carbocycles. The van der Waals surface area contributed by atoms with Gasteiger partial charge in [-0.05, 0) is 25.0 Å². The molecule has 0 unspecified atom stereocenters. The third kappa shape index (κ3) is 1.61. The molecule has 0 saturated heterocycles. The van der Waals surface area contributed by atoms with Crippen LogP contribution in [-0.4, -0.2) is 27.7 Å². The van der Waals surface area contributed by atoms with Crippen LogP contribution < -0.4 is 5.32 Å². The minimum Gasteiger partial charge on any atom is -0.477 e. The van der Waals surface area contributed by atoms with E-state index in [9.17, 15) is 9.59 Å². The van der Waals surface area contributed by atoms with E-state index in [1.165, 1.54) is 18.3 Å². The number of carboxylic acid groups (broad SMARTS) is 1. The van der Waals surface area contributed by atoms with Gasteiger partial charge in [-0.2, -0.15) is 0 Å². The van der Waals surface area contributed by atoms with E-state index in [0.29, 0.717) is 0 Å². The van der Waals surface area contributed by atoms with Gasteiger partial charge in [0.2, 0.25) is 0 Å². The number of aromatic nitrogens is 1. The second-order valence-electron chi connectivity index (χ2n) is 3.29. The van der Waals surface area contributed by atoms with Crippen LogP contribution in [0.25, 0.3) is 0 Å². The van der Waals surface area contributed by atoms with Gasteiger partial charge in [0.05, 0.1) is 0 Å². The Kier molecular flexibility index (Phi) is 1.99. The lowest BCUT2D eigenvalue weighted by Crippen LogP contribution is -2.31. The first-order valence-electron chi connectivity index (χ1n) is 4.40. The maximum Gasteiger partial charge on any atom is 0.353 e. The van der Waals surface area contributed by atoms with E-state index in [2.05, 4.69) is 5.32 Å². The number of hydrogen-bond acceptors (Lipinski definition) is 2. The number of carbonyl (C=O) groups excluding carboxylic acids is 1. The lowest BCUT2D eigenvalue weighted by Gasteiger charge is -2.05. The molecule has 1 fully saturated rings. The molecule has 1 aromatic heterocycles. The zero-order chi connectivity index (χ0) is 10.1. The van der Waals surface area contributed by atoms with Crippen molar-refractivity contribution in [1.29, 1.82) is 0 Å². The quantitative estimate of drug-likeness (QED) is 0.734. The maximum absolute atomic E-state index is 11.5. The van der Waals surface area contributed by atoms with Gasteiger partial charge in [-0.3, -0.25) is 4.57 Å². The molecule has 0 aromatic carbocycles. The van der Waals surface area contributed by atoms with Gasteiger partial charge in [0, 0.05) is 12.2 Å². The summed E-state index contributed by atoms with van der Waals surface area (Å²) in [5.74, 6) is -1.10. The smallest absolute Gasteiger partial charge is 0.353 e. The van der Waals surface area contributed by atoms with Crippen LogP contribution in [-0.2, 0) is 0 Å². The van der Waals surface area contributed by atoms with Crippen LogP contribution in [0.5, 0.6) is 0 Å². The van der Waals surface area contributed by atoms with E-state index in [-0.39, 0.29) is 17.8 Å². The molecule has 2 rings (SSSR count). The Morgan fingerprint density at radius 3 is 2.79 bits per heavy atom. The number of aromatic carboxylic acids is 1. The fourth-order valence-corrected chi connectivity index (χ4v) is 1.20. The largest absolute Gasteiger partial charge is 0.477 e. The molecular formula is C9H10N2O3. The number of rotatable bonds is 2. The van der Waals surface area contributed by atoms with Crippen molar-refractivity contribution in [2.75, 3.05) is 0 Å². The Balaban J connectivity index is 2.17. The Labute approximate surface area is 80.3 Å². The molecule has 0 spiro atoms. The predicted molar refractivity (Wildman–Crippen MR) is 48.3 cm³/mol. The van der Waals surface area contributed by atoms with Gasteiger partial charge in [0.1, 0.15) is 5.69 Å². The first-order chi connectivity index (χ1) is 6.68. The number of carbonyl (C=O) groups is 2. The summed E-state index contributed by atoms with van der Waals surface area (Å²) < 4.78 is 1.11. The van der Waals surface area contributed by atoms with E-state index in [4.69, 9.17) is 5.11 Å². The molecule has 1 aromatic rings. The lowest BCUT2D eigenvalue weighted by molar-refractivity contribution is 0.0686. The normalized spacial score (nSPS) is 15.1. The molecule has 5 heteroatoms. The molecule has 0 aliphatic heterocycles. The molecule has 14 heavy (non-hydrogen) atoms. The third-order valence-corrected chi connectivity index (χ3v) is 2.09. The number of hydrogen-bond donors (Lipinski definition) is 2. The summed E-state index contributed by atoms with van der Waals surface area (Å²) in [6.07, 6.45) is 3.41. The van der Waals surface area contributed by atoms with Gasteiger partial charge in [-0.1, -0.05) is 0 Å². The summed E-state index contributed by atoms with van der Waals surface area (Å²) in [5.41, 5.74) is -0.0110. The van der Waals surface area contributed by atoms with Crippen molar-refractivity contribution in [3.63, 3.8) is 0 Å². The standard InChI is InChI=1S/C9H10N2O3/c12-8(13)7-2-1-5-11(7)9(14)10-6-3-4-6/h1-2,5-6H,3-4H2,(H,10,14)(H,12,13). The molecule has 1 amide bonds. The van der Waals surface area contributed by atoms with Crippen molar-refractivity contribution < 1.29 is 14.7 Å². The van der Waals surface area contributed by atoms with Crippen LogP contribution in [0.1, 0.15) is 23.3 Å². The highest BCUT2D eigenvalue weighted by molar-refractivity contribution is 5.92. The van der Waals surface area contributed by atoms with Crippen molar-refractivity contribution in [1.82, 2.24) is 9.88 Å². The summed E-state index contributed by atoms with van der Waals surface area (Å²) in [6.45, 7) is 0. The lowest BCUT2D eigenvalue weighted by atomic mass is 10.4. The summed E-state index contributed by atoms with van der Waals surface area (Å²) in [4.78, 5) is 22.2. The minimum absolute atomic E-state index is 0.0110. The third-order valence-electron chi connectivity index (χ3n) is 2.09. The second-order valence-corrected chi connectivity index (χ2v) is 3.29. The SMILES string of the molecule is O=C(O)c1cccn1C(=O)NC1CC1. The number of nitrogens with zero attached hydrogens (tertiary/aromatic N) is 1. The fourth-order valence-electron chi connectivity index (χ4n) is 1.20. The fraction of sp³-hybridized carbons (Fsp3) is 0.333.